The molecule has 0 aliphatic rings. The van der Waals surface area contributed by atoms with Crippen molar-refractivity contribution in [3.05, 3.63) is 0 Å². The fourth-order valence-electron chi connectivity index (χ4n) is 0. The van der Waals surface area contributed by atoms with Crippen LogP contribution in [0, 0.1) is 0 Å². The smallest absolute Gasteiger partial charge is 1.00 e. The zero-order valence-corrected chi connectivity index (χ0v) is 12.0. The third-order valence-corrected chi connectivity index (χ3v) is 0. The maximum Gasteiger partial charge on any atom is 2.00 e. The van der Waals surface area contributed by atoms with Gasteiger partial charge in [0, 0.05) is 13.8 Å². The molecule has 0 spiro atoms. The number of rotatable bonds is 0. The number of carbonyl (C=O) groups is 2. The van der Waals surface area contributed by atoms with Gasteiger partial charge in [0.05, 0.1) is 0 Å². The molecule has 0 aromatic rings. The molecule has 0 radical (unpaired) electrons. The van der Waals surface area contributed by atoms with Crippen LogP contribution in [0.3, 0.4) is 0 Å². The second kappa shape index (κ2) is 16.7. The predicted octanol–water partition coefficient (Wildman–Crippen LogP) is -0.130. The molecule has 2 N–H and O–H groups in total. The number of carboxylic acids is 2. The van der Waals surface area contributed by atoms with Gasteiger partial charge in [-0.25, -0.2) is 0 Å². The van der Waals surface area contributed by atoms with E-state index in [1.54, 1.807) is 0 Å². The molecule has 0 bridgehead atoms. The largest absolute Gasteiger partial charge is 2.00 e. The van der Waals surface area contributed by atoms with Gasteiger partial charge in [-0.05, 0) is 0 Å². The van der Waals surface area contributed by atoms with Crippen LogP contribution in [0.15, 0.2) is 0 Å². The number of hydrogen-bond acceptors (Lipinski definition) is 2. The molecule has 0 atom stereocenters. The Bertz CT molecular complexity index is 87.3. The van der Waals surface area contributed by atoms with Gasteiger partial charge in [0.2, 0.25) is 0 Å². The summed E-state index contributed by atoms with van der Waals surface area (Å²) in [7, 11) is 0. The maximum atomic E-state index is 9.00. The summed E-state index contributed by atoms with van der Waals surface area (Å²) in [5, 5.41) is 14.8. The monoisotopic (exact) mass is 286 g/mol. The number of hydrogen-bond donors (Lipinski definition) is 2. The van der Waals surface area contributed by atoms with Gasteiger partial charge < -0.3 is 15.9 Å². The van der Waals surface area contributed by atoms with Crippen molar-refractivity contribution in [2.45, 2.75) is 13.8 Å². The van der Waals surface area contributed by atoms with E-state index in [9.17, 15) is 0 Å². The summed E-state index contributed by atoms with van der Waals surface area (Å²) < 4.78 is 0. The molecule has 0 aliphatic heterocycles. The molecule has 0 aliphatic carbocycles. The van der Waals surface area contributed by atoms with Crippen LogP contribution in [0.25, 0.3) is 0 Å². The summed E-state index contributed by atoms with van der Waals surface area (Å²) in [6, 6.07) is 0. The van der Waals surface area contributed by atoms with Crippen LogP contribution in [0.1, 0.15) is 19.6 Å². The molecule has 0 rings (SSSR count). The first-order valence-electron chi connectivity index (χ1n) is 1.86. The van der Waals surface area contributed by atoms with Gasteiger partial charge in [0.15, 0.2) is 0 Å². The van der Waals surface area contributed by atoms with Crippen molar-refractivity contribution < 1.29 is 25.5 Å². The Hall–Kier alpha value is 1.28. The predicted molar refractivity (Wildman–Crippen MR) is 42.6 cm³/mol. The summed E-state index contributed by atoms with van der Waals surface area (Å²) in [5.74, 6) is -1.67. The zero-order chi connectivity index (χ0) is 7.15. The summed E-state index contributed by atoms with van der Waals surface area (Å²) in [6.07, 6.45) is 0. The maximum absolute atomic E-state index is 9.00. The third-order valence-electron chi connectivity index (χ3n) is 0. The first kappa shape index (κ1) is 22.5. The van der Waals surface area contributed by atoms with Crippen LogP contribution in [-0.4, -0.2) is 94.1 Å². The molecule has 0 aromatic heterocycles. The second-order valence-electron chi connectivity index (χ2n) is 1.04. The van der Waals surface area contributed by atoms with Crippen molar-refractivity contribution >= 4 is 83.9 Å². The molecule has 4 nitrogen and oxygen atoms in total. The van der Waals surface area contributed by atoms with Crippen molar-refractivity contribution in [3.8, 4) is 0 Å². The Morgan fingerprint density at radius 3 is 1.10 bits per heavy atom. The normalized spacial score (nSPS) is 5.00. The second-order valence-corrected chi connectivity index (χ2v) is 1.04. The SMILES string of the molecule is CC(=O)O.CC(=O)O.[Ba+2].[H-].[H-].[H-].[H-].[Mg+2]. The van der Waals surface area contributed by atoms with Crippen molar-refractivity contribution in [2.24, 2.45) is 0 Å². The molecule has 0 fully saturated rings. The van der Waals surface area contributed by atoms with Crippen LogP contribution in [0.2, 0.25) is 0 Å². The standard InChI is InChI=1S/2C2H4O2.Ba.Mg.4H/c2*1-2(3)4;;;;;;/h2*1H3,(H,3,4);;;;;;/q;;2*+2;4*-1. The van der Waals surface area contributed by atoms with Crippen LogP contribution in [-0.2, 0) is 9.59 Å². The molecule has 0 saturated carbocycles. The van der Waals surface area contributed by atoms with Gasteiger partial charge in [0.25, 0.3) is 11.9 Å². The van der Waals surface area contributed by atoms with E-state index in [0.717, 1.165) is 13.8 Å². The molecule has 6 heteroatoms. The summed E-state index contributed by atoms with van der Waals surface area (Å²) >= 11 is 0. The van der Waals surface area contributed by atoms with Gasteiger partial charge in [-0.3, -0.25) is 9.59 Å². The molecule has 0 heterocycles. The Kier molecular flexibility index (Phi) is 37.6. The Morgan fingerprint density at radius 1 is 1.10 bits per heavy atom. The molecule has 0 saturated heterocycles. The first-order chi connectivity index (χ1) is 3.46. The van der Waals surface area contributed by atoms with Gasteiger partial charge in [0.1, 0.15) is 0 Å². The summed E-state index contributed by atoms with van der Waals surface area (Å²) in [4.78, 5) is 18.0. The molecular weight excluding hydrogens is 274 g/mol. The zero-order valence-electron chi connectivity index (χ0n) is 10.1. The number of aliphatic carboxylic acids is 2. The Balaban J connectivity index is -0.00000000600. The Morgan fingerprint density at radius 2 is 1.10 bits per heavy atom. The van der Waals surface area contributed by atoms with E-state index in [2.05, 4.69) is 0 Å². The minimum atomic E-state index is -0.833. The molecule has 0 aromatic carbocycles. The van der Waals surface area contributed by atoms with E-state index >= 15 is 0 Å². The third kappa shape index (κ3) is 389. The van der Waals surface area contributed by atoms with Crippen molar-refractivity contribution in [2.75, 3.05) is 0 Å². The van der Waals surface area contributed by atoms with E-state index in [1.165, 1.54) is 0 Å². The van der Waals surface area contributed by atoms with Gasteiger partial charge in [-0.1, -0.05) is 0 Å². The van der Waals surface area contributed by atoms with E-state index in [-0.39, 0.29) is 77.6 Å². The van der Waals surface area contributed by atoms with Crippen molar-refractivity contribution in [1.29, 1.82) is 0 Å². The Labute approximate surface area is 122 Å². The van der Waals surface area contributed by atoms with Crippen molar-refractivity contribution in [1.82, 2.24) is 0 Å². The quantitative estimate of drug-likeness (QED) is 0.608. The van der Waals surface area contributed by atoms with E-state index in [4.69, 9.17) is 19.8 Å². The van der Waals surface area contributed by atoms with Crippen molar-refractivity contribution in [3.63, 3.8) is 0 Å². The summed E-state index contributed by atoms with van der Waals surface area (Å²) in [6.45, 7) is 2.17. The molecular formula is C4H12BaMgO4. The minimum Gasteiger partial charge on any atom is -1.00 e. The fourth-order valence-corrected chi connectivity index (χ4v) is 0. The van der Waals surface area contributed by atoms with Crippen LogP contribution in [0.4, 0.5) is 0 Å². The van der Waals surface area contributed by atoms with Crippen LogP contribution < -0.4 is 0 Å². The molecule has 56 valence electrons. The molecule has 10 heavy (non-hydrogen) atoms. The average molecular weight is 286 g/mol. The van der Waals surface area contributed by atoms with E-state index in [1.807, 2.05) is 0 Å². The topological polar surface area (TPSA) is 74.6 Å². The van der Waals surface area contributed by atoms with Crippen LogP contribution >= 0.6 is 0 Å². The molecule has 0 amide bonds. The minimum absolute atomic E-state index is 0. The van der Waals surface area contributed by atoms with Gasteiger partial charge in [-0.15, -0.1) is 0 Å². The average Bonchev–Trinajstić information content (AvgIpc) is 1.25. The van der Waals surface area contributed by atoms with Gasteiger partial charge in [-0.2, -0.15) is 0 Å². The summed E-state index contributed by atoms with van der Waals surface area (Å²) in [5.41, 5.74) is 0. The van der Waals surface area contributed by atoms with Crippen LogP contribution in [0.5, 0.6) is 0 Å². The van der Waals surface area contributed by atoms with E-state index in [0.29, 0.717) is 0 Å². The fraction of sp³-hybridized carbons (Fsp3) is 0.500. The molecule has 0 unspecified atom stereocenters. The van der Waals surface area contributed by atoms with E-state index < -0.39 is 11.9 Å². The number of carboxylic acid groups (broad SMARTS) is 2. The van der Waals surface area contributed by atoms with Gasteiger partial charge >= 0.3 is 71.9 Å². The first-order valence-corrected chi connectivity index (χ1v) is 1.86.